The second-order valence-corrected chi connectivity index (χ2v) is 14.8. The summed E-state index contributed by atoms with van der Waals surface area (Å²) in [5, 5.41) is 12.2. The Hall–Kier alpha value is -4.57. The van der Waals surface area contributed by atoms with E-state index in [1.807, 2.05) is 0 Å². The fourth-order valence-electron chi connectivity index (χ4n) is 7.52. The molecule has 1 saturated carbocycles. The lowest BCUT2D eigenvalue weighted by molar-refractivity contribution is -0.139. The van der Waals surface area contributed by atoms with Crippen LogP contribution in [0.15, 0.2) is 35.3 Å². The summed E-state index contributed by atoms with van der Waals surface area (Å²) in [5.41, 5.74) is -3.14. The van der Waals surface area contributed by atoms with Crippen molar-refractivity contribution >= 4 is 11.9 Å². The van der Waals surface area contributed by atoms with Gasteiger partial charge in [-0.2, -0.15) is 13.2 Å². The van der Waals surface area contributed by atoms with Gasteiger partial charge in [0, 0.05) is 29.9 Å². The first-order valence-electron chi connectivity index (χ1n) is 17.7. The number of alkyl halides is 3. The van der Waals surface area contributed by atoms with Crippen LogP contribution < -0.4 is 10.9 Å². The molecule has 1 amide bonds. The van der Waals surface area contributed by atoms with Crippen LogP contribution in [0.3, 0.4) is 0 Å². The van der Waals surface area contributed by atoms with Gasteiger partial charge in [-0.1, -0.05) is 19.8 Å². The molecule has 53 heavy (non-hydrogen) atoms. The minimum atomic E-state index is -4.85. The molecular formula is C40H43F6N3O4. The maximum atomic E-state index is 16.5. The monoisotopic (exact) mass is 743 g/mol. The van der Waals surface area contributed by atoms with E-state index < -0.39 is 82.2 Å². The number of carbonyl (C=O) groups is 2. The number of hydrogen-bond donors (Lipinski definition) is 2. The first kappa shape index (κ1) is 39.6. The number of piperidine rings is 1. The smallest absolute Gasteiger partial charge is 0.416 e. The third-order valence-electron chi connectivity index (χ3n) is 10.2. The number of benzene rings is 2. The molecule has 2 heterocycles. The van der Waals surface area contributed by atoms with E-state index in [1.165, 1.54) is 13.8 Å². The van der Waals surface area contributed by atoms with E-state index in [-0.39, 0.29) is 40.2 Å². The first-order valence-corrected chi connectivity index (χ1v) is 17.7. The second-order valence-electron chi connectivity index (χ2n) is 14.8. The Morgan fingerprint density at radius 3 is 2.15 bits per heavy atom. The summed E-state index contributed by atoms with van der Waals surface area (Å²) in [6, 6.07) is 0.460. The van der Waals surface area contributed by atoms with E-state index in [2.05, 4.69) is 16.1 Å². The number of amides is 1. The number of nitrogens with zero attached hydrogens (tertiary/aromatic N) is 2. The lowest BCUT2D eigenvalue weighted by Gasteiger charge is -2.34. The van der Waals surface area contributed by atoms with Gasteiger partial charge < -0.3 is 19.9 Å². The van der Waals surface area contributed by atoms with E-state index in [0.29, 0.717) is 37.9 Å². The Morgan fingerprint density at radius 2 is 1.62 bits per heavy atom. The maximum Gasteiger partial charge on any atom is 0.416 e. The molecule has 13 heteroatoms. The Bertz CT molecular complexity index is 1960. The normalized spacial score (nSPS) is 16.7. The summed E-state index contributed by atoms with van der Waals surface area (Å²) in [6.07, 6.45) is 3.79. The van der Waals surface area contributed by atoms with E-state index in [0.717, 1.165) is 48.3 Å². The Balaban J connectivity index is 1.58. The fraction of sp³-hybridized carbons (Fsp3) is 0.475. The van der Waals surface area contributed by atoms with Crippen molar-refractivity contribution in [2.75, 3.05) is 19.6 Å². The number of hydrogen-bond acceptors (Lipinski definition) is 4. The number of nitrogens with one attached hydrogen (secondary N) is 1. The van der Waals surface area contributed by atoms with Crippen LogP contribution in [0.2, 0.25) is 0 Å². The van der Waals surface area contributed by atoms with Crippen molar-refractivity contribution in [2.45, 2.75) is 90.4 Å². The van der Waals surface area contributed by atoms with Gasteiger partial charge in [-0.3, -0.25) is 14.4 Å². The topological polar surface area (TPSA) is 91.6 Å². The lowest BCUT2D eigenvalue weighted by Crippen LogP contribution is -2.41. The molecule has 0 bridgehead atoms. The van der Waals surface area contributed by atoms with E-state index in [4.69, 9.17) is 6.42 Å². The zero-order valence-electron chi connectivity index (χ0n) is 30.0. The Labute approximate surface area is 304 Å². The van der Waals surface area contributed by atoms with Crippen LogP contribution in [0.25, 0.3) is 11.1 Å². The summed E-state index contributed by atoms with van der Waals surface area (Å²) >= 11 is 0. The van der Waals surface area contributed by atoms with Gasteiger partial charge in [-0.15, -0.1) is 6.42 Å². The second kappa shape index (κ2) is 15.8. The Morgan fingerprint density at radius 1 is 1.00 bits per heavy atom. The van der Waals surface area contributed by atoms with Crippen LogP contribution in [-0.2, 0) is 15.8 Å². The van der Waals surface area contributed by atoms with Gasteiger partial charge in [-0.25, -0.2) is 13.2 Å². The molecule has 2 aliphatic rings. The summed E-state index contributed by atoms with van der Waals surface area (Å²) in [5.74, 6) is -3.85. The van der Waals surface area contributed by atoms with Crippen molar-refractivity contribution in [3.8, 4) is 23.5 Å². The highest BCUT2D eigenvalue weighted by Crippen LogP contribution is 2.41. The number of halogens is 6. The highest BCUT2D eigenvalue weighted by Gasteiger charge is 2.39. The molecule has 2 atom stereocenters. The van der Waals surface area contributed by atoms with E-state index in [1.54, 1.807) is 13.8 Å². The van der Waals surface area contributed by atoms with Crippen LogP contribution in [-0.4, -0.2) is 46.1 Å². The molecule has 2 fully saturated rings. The van der Waals surface area contributed by atoms with Crippen LogP contribution in [0.1, 0.15) is 104 Å². The van der Waals surface area contributed by atoms with Crippen molar-refractivity contribution in [1.29, 1.82) is 0 Å². The van der Waals surface area contributed by atoms with Gasteiger partial charge in [0.15, 0.2) is 0 Å². The van der Waals surface area contributed by atoms with Gasteiger partial charge in [0.25, 0.3) is 5.56 Å². The molecule has 0 spiro atoms. The van der Waals surface area contributed by atoms with Gasteiger partial charge in [0.2, 0.25) is 5.91 Å². The highest BCUT2D eigenvalue weighted by atomic mass is 19.4. The SMILES string of the molecule is C#Cc1cc(-c2c(C)cc(F)cc2C)c(F)c(C(CC(=O)O)NC(=O)C(CC(C)C)n2cc(C3CCN(CC4CC4)CC3)c(C(F)(F)F)cc2=O)c1F. The van der Waals surface area contributed by atoms with Crippen molar-refractivity contribution in [3.63, 3.8) is 0 Å². The molecule has 3 aromatic rings. The highest BCUT2D eigenvalue weighted by molar-refractivity contribution is 5.82. The third-order valence-corrected chi connectivity index (χ3v) is 10.2. The van der Waals surface area contributed by atoms with Gasteiger partial charge in [-0.05, 0) is 117 Å². The van der Waals surface area contributed by atoms with Crippen molar-refractivity contribution in [1.82, 2.24) is 14.8 Å². The summed E-state index contributed by atoms with van der Waals surface area (Å²) in [7, 11) is 0. The maximum absolute atomic E-state index is 16.5. The predicted molar refractivity (Wildman–Crippen MR) is 188 cm³/mol. The number of aromatic nitrogens is 1. The van der Waals surface area contributed by atoms with E-state index in [9.17, 15) is 37.1 Å². The quantitative estimate of drug-likeness (QED) is 0.145. The van der Waals surface area contributed by atoms with Crippen LogP contribution >= 0.6 is 0 Å². The van der Waals surface area contributed by atoms with Crippen molar-refractivity contribution in [3.05, 3.63) is 91.6 Å². The first-order chi connectivity index (χ1) is 24.9. The Kier molecular flexibility index (Phi) is 11.8. The number of aliphatic carboxylic acids is 1. The number of pyridine rings is 1. The molecule has 2 unspecified atom stereocenters. The fourth-order valence-corrected chi connectivity index (χ4v) is 7.52. The van der Waals surface area contributed by atoms with Gasteiger partial charge >= 0.3 is 12.1 Å². The van der Waals surface area contributed by atoms with Crippen LogP contribution in [0.4, 0.5) is 26.3 Å². The van der Waals surface area contributed by atoms with Crippen molar-refractivity contribution < 1.29 is 41.0 Å². The third kappa shape index (κ3) is 8.98. The molecule has 1 aromatic heterocycles. The standard InChI is InChI=1S/C40H43F6N3O4/c1-6-25-16-28(35-22(4)14-27(41)15-23(35)5)38(43)36(37(25)42)31(18-34(51)52)47-39(53)32(13-21(2)3)49-20-29(30(17-33(49)50)40(44,45)46)26-9-11-48(12-10-26)19-24-7-8-24/h1,14-17,20-21,24,26,31-32H,7-13,18-19H2,2-5H3,(H,47,53)(H,51,52). The molecule has 5 rings (SSSR count). The summed E-state index contributed by atoms with van der Waals surface area (Å²) in [6.45, 7) is 8.50. The van der Waals surface area contributed by atoms with Crippen LogP contribution in [0, 0.1) is 55.5 Å². The lowest BCUT2D eigenvalue weighted by atomic mass is 9.87. The summed E-state index contributed by atoms with van der Waals surface area (Å²) < 4.78 is 90.8. The molecule has 2 N–H and O–H groups in total. The zero-order valence-corrected chi connectivity index (χ0v) is 30.0. The molecule has 284 valence electrons. The van der Waals surface area contributed by atoms with Crippen molar-refractivity contribution in [2.24, 2.45) is 11.8 Å². The number of aryl methyl sites for hydroxylation is 2. The molecule has 1 aliphatic carbocycles. The minimum Gasteiger partial charge on any atom is -0.481 e. The number of carbonyl (C=O) groups excluding carboxylic acids is 1. The average molecular weight is 744 g/mol. The summed E-state index contributed by atoms with van der Waals surface area (Å²) in [4.78, 5) is 42.0. The molecule has 7 nitrogen and oxygen atoms in total. The zero-order chi connectivity index (χ0) is 38.9. The minimum absolute atomic E-state index is 0.0786. The number of likely N-dealkylation sites (tertiary alicyclic amines) is 1. The number of carboxylic acid groups (broad SMARTS) is 1. The van der Waals surface area contributed by atoms with Crippen LogP contribution in [0.5, 0.6) is 0 Å². The predicted octanol–water partition coefficient (Wildman–Crippen LogP) is 8.06. The number of carboxylic acids is 1. The molecule has 2 aromatic carbocycles. The largest absolute Gasteiger partial charge is 0.481 e. The van der Waals surface area contributed by atoms with Gasteiger partial charge in [0.05, 0.1) is 23.6 Å². The number of terminal acetylenes is 1. The van der Waals surface area contributed by atoms with Gasteiger partial charge in [0.1, 0.15) is 23.5 Å². The molecule has 1 aliphatic heterocycles. The van der Waals surface area contributed by atoms with E-state index >= 15 is 8.78 Å². The molecule has 1 saturated heterocycles. The number of rotatable bonds is 12. The molecule has 0 radical (unpaired) electrons. The molecular weight excluding hydrogens is 700 g/mol. The average Bonchev–Trinajstić information content (AvgIpc) is 3.88.